The SMILES string of the molecule is CCNCCc1ccc(S(=O)(=O)N2CCCCC2)s1. The maximum absolute atomic E-state index is 12.5. The summed E-state index contributed by atoms with van der Waals surface area (Å²) in [6.07, 6.45) is 4.01. The van der Waals surface area contributed by atoms with Crippen LogP contribution in [-0.4, -0.2) is 38.9 Å². The van der Waals surface area contributed by atoms with E-state index in [1.54, 1.807) is 10.4 Å². The molecule has 108 valence electrons. The van der Waals surface area contributed by atoms with Crippen LogP contribution in [0.4, 0.5) is 0 Å². The average molecular weight is 302 g/mol. The number of hydrogen-bond acceptors (Lipinski definition) is 4. The minimum atomic E-state index is -3.24. The van der Waals surface area contributed by atoms with E-state index < -0.39 is 10.0 Å². The summed E-state index contributed by atoms with van der Waals surface area (Å²) in [5, 5.41) is 3.25. The van der Waals surface area contributed by atoms with Gasteiger partial charge in [-0.15, -0.1) is 11.3 Å². The Morgan fingerprint density at radius 3 is 2.68 bits per heavy atom. The smallest absolute Gasteiger partial charge is 0.252 e. The van der Waals surface area contributed by atoms with Gasteiger partial charge in [0.25, 0.3) is 10.0 Å². The van der Waals surface area contributed by atoms with Crippen molar-refractivity contribution in [2.45, 2.75) is 36.8 Å². The van der Waals surface area contributed by atoms with Gasteiger partial charge in [-0.2, -0.15) is 4.31 Å². The molecule has 0 saturated carbocycles. The first-order valence-corrected chi connectivity index (χ1v) is 9.20. The summed E-state index contributed by atoms with van der Waals surface area (Å²) < 4.78 is 27.0. The summed E-state index contributed by atoms with van der Waals surface area (Å²) in [6, 6.07) is 3.70. The van der Waals surface area contributed by atoms with Crippen LogP contribution in [0.1, 0.15) is 31.1 Å². The second-order valence-electron chi connectivity index (χ2n) is 4.79. The van der Waals surface area contributed by atoms with Crippen molar-refractivity contribution in [2.75, 3.05) is 26.2 Å². The first kappa shape index (κ1) is 15.0. The second kappa shape index (κ2) is 6.83. The van der Waals surface area contributed by atoms with Gasteiger partial charge in [0.1, 0.15) is 4.21 Å². The third-order valence-corrected chi connectivity index (χ3v) is 6.86. The van der Waals surface area contributed by atoms with Crippen molar-refractivity contribution < 1.29 is 8.42 Å². The molecular weight excluding hydrogens is 280 g/mol. The van der Waals surface area contributed by atoms with E-state index in [0.29, 0.717) is 17.3 Å². The van der Waals surface area contributed by atoms with Gasteiger partial charge in [-0.1, -0.05) is 13.3 Å². The van der Waals surface area contributed by atoms with Gasteiger partial charge in [0, 0.05) is 18.0 Å². The van der Waals surface area contributed by atoms with E-state index in [1.165, 1.54) is 11.3 Å². The van der Waals surface area contributed by atoms with Gasteiger partial charge in [0.2, 0.25) is 0 Å². The molecule has 0 spiro atoms. The van der Waals surface area contributed by atoms with Gasteiger partial charge in [0.05, 0.1) is 0 Å². The van der Waals surface area contributed by atoms with Crippen LogP contribution < -0.4 is 5.32 Å². The van der Waals surface area contributed by atoms with E-state index >= 15 is 0 Å². The van der Waals surface area contributed by atoms with Crippen molar-refractivity contribution in [3.63, 3.8) is 0 Å². The number of sulfonamides is 1. The molecule has 0 radical (unpaired) electrons. The lowest BCUT2D eigenvalue weighted by molar-refractivity contribution is 0.347. The zero-order chi connectivity index (χ0) is 13.7. The molecule has 1 saturated heterocycles. The molecule has 0 amide bonds. The van der Waals surface area contributed by atoms with Crippen LogP contribution >= 0.6 is 11.3 Å². The van der Waals surface area contributed by atoms with E-state index in [9.17, 15) is 8.42 Å². The number of nitrogens with zero attached hydrogens (tertiary/aromatic N) is 1. The highest BCUT2D eigenvalue weighted by molar-refractivity contribution is 7.91. The van der Waals surface area contributed by atoms with E-state index in [-0.39, 0.29) is 0 Å². The molecular formula is C13H22N2O2S2. The standard InChI is InChI=1S/C13H22N2O2S2/c1-2-14-9-8-12-6-7-13(18-12)19(16,17)15-10-4-3-5-11-15/h6-7,14H,2-5,8-11H2,1H3. The Bertz CT molecular complexity index is 490. The molecule has 1 aromatic heterocycles. The molecule has 1 aliphatic heterocycles. The number of likely N-dealkylation sites (N-methyl/N-ethyl adjacent to an activating group) is 1. The fourth-order valence-electron chi connectivity index (χ4n) is 2.25. The fourth-order valence-corrected chi connectivity index (χ4v) is 5.28. The van der Waals surface area contributed by atoms with Crippen LogP contribution in [0.25, 0.3) is 0 Å². The van der Waals surface area contributed by atoms with Gasteiger partial charge in [-0.3, -0.25) is 0 Å². The Kier molecular flexibility index (Phi) is 5.38. The number of piperidine rings is 1. The molecule has 19 heavy (non-hydrogen) atoms. The highest BCUT2D eigenvalue weighted by Gasteiger charge is 2.27. The minimum absolute atomic E-state index is 0.501. The molecule has 1 aliphatic rings. The topological polar surface area (TPSA) is 49.4 Å². The van der Waals surface area contributed by atoms with Gasteiger partial charge in [-0.05, 0) is 44.5 Å². The molecule has 1 fully saturated rings. The van der Waals surface area contributed by atoms with Gasteiger partial charge >= 0.3 is 0 Å². The number of rotatable bonds is 6. The molecule has 6 heteroatoms. The normalized spacial score (nSPS) is 17.7. The van der Waals surface area contributed by atoms with Gasteiger partial charge in [0.15, 0.2) is 0 Å². The third-order valence-electron chi connectivity index (χ3n) is 3.34. The highest BCUT2D eigenvalue weighted by Crippen LogP contribution is 2.27. The predicted octanol–water partition coefficient (Wildman–Crippen LogP) is 2.07. The van der Waals surface area contributed by atoms with Crippen molar-refractivity contribution in [3.8, 4) is 0 Å². The summed E-state index contributed by atoms with van der Waals surface area (Å²) in [7, 11) is -3.24. The summed E-state index contributed by atoms with van der Waals surface area (Å²) >= 11 is 1.41. The van der Waals surface area contributed by atoms with Gasteiger partial charge in [-0.25, -0.2) is 8.42 Å². The number of thiophene rings is 1. The van der Waals surface area contributed by atoms with Gasteiger partial charge < -0.3 is 5.32 Å². The zero-order valence-electron chi connectivity index (χ0n) is 11.4. The Morgan fingerprint density at radius 2 is 2.00 bits per heavy atom. The summed E-state index contributed by atoms with van der Waals surface area (Å²) in [5.41, 5.74) is 0. The number of hydrogen-bond donors (Lipinski definition) is 1. The van der Waals surface area contributed by atoms with E-state index in [1.807, 2.05) is 6.07 Å². The van der Waals surface area contributed by atoms with Crippen LogP contribution in [0, 0.1) is 0 Å². The highest BCUT2D eigenvalue weighted by atomic mass is 32.2. The Balaban J connectivity index is 2.03. The Hall–Kier alpha value is -0.430. The van der Waals surface area contributed by atoms with Crippen molar-refractivity contribution >= 4 is 21.4 Å². The average Bonchev–Trinajstić information content (AvgIpc) is 2.90. The monoisotopic (exact) mass is 302 g/mol. The molecule has 0 unspecified atom stereocenters. The van der Waals surface area contributed by atoms with Crippen molar-refractivity contribution in [3.05, 3.63) is 17.0 Å². The minimum Gasteiger partial charge on any atom is -0.317 e. The molecule has 0 aromatic carbocycles. The lowest BCUT2D eigenvalue weighted by Crippen LogP contribution is -2.35. The molecule has 4 nitrogen and oxygen atoms in total. The molecule has 2 heterocycles. The van der Waals surface area contributed by atoms with Crippen LogP contribution in [0.2, 0.25) is 0 Å². The van der Waals surface area contributed by atoms with Crippen molar-refractivity contribution in [1.29, 1.82) is 0 Å². The Labute approximate surface area is 119 Å². The van der Waals surface area contributed by atoms with E-state index in [2.05, 4.69) is 12.2 Å². The van der Waals surface area contributed by atoms with E-state index in [0.717, 1.165) is 43.6 Å². The number of nitrogens with one attached hydrogen (secondary N) is 1. The van der Waals surface area contributed by atoms with Crippen LogP contribution in [0.3, 0.4) is 0 Å². The lowest BCUT2D eigenvalue weighted by atomic mass is 10.2. The Morgan fingerprint density at radius 1 is 1.26 bits per heavy atom. The maximum atomic E-state index is 12.5. The summed E-state index contributed by atoms with van der Waals surface area (Å²) in [4.78, 5) is 1.14. The van der Waals surface area contributed by atoms with E-state index in [4.69, 9.17) is 0 Å². The maximum Gasteiger partial charge on any atom is 0.252 e. The van der Waals surface area contributed by atoms with Crippen molar-refractivity contribution in [2.24, 2.45) is 0 Å². The summed E-state index contributed by atoms with van der Waals surface area (Å²) in [6.45, 7) is 5.27. The molecule has 0 aliphatic carbocycles. The molecule has 0 bridgehead atoms. The largest absolute Gasteiger partial charge is 0.317 e. The summed E-state index contributed by atoms with van der Waals surface area (Å²) in [5.74, 6) is 0. The fraction of sp³-hybridized carbons (Fsp3) is 0.692. The molecule has 1 N–H and O–H groups in total. The quantitative estimate of drug-likeness (QED) is 0.819. The first-order chi connectivity index (χ1) is 9.14. The molecule has 1 aromatic rings. The first-order valence-electron chi connectivity index (χ1n) is 6.94. The predicted molar refractivity (Wildman–Crippen MR) is 79.2 cm³/mol. The van der Waals surface area contributed by atoms with Crippen LogP contribution in [0.5, 0.6) is 0 Å². The van der Waals surface area contributed by atoms with Crippen LogP contribution in [0.15, 0.2) is 16.3 Å². The molecule has 0 atom stereocenters. The van der Waals surface area contributed by atoms with Crippen LogP contribution in [-0.2, 0) is 16.4 Å². The lowest BCUT2D eigenvalue weighted by Gasteiger charge is -2.25. The third kappa shape index (κ3) is 3.78. The second-order valence-corrected chi connectivity index (χ2v) is 8.12. The zero-order valence-corrected chi connectivity index (χ0v) is 13.0. The molecule has 2 rings (SSSR count). The van der Waals surface area contributed by atoms with Crippen molar-refractivity contribution in [1.82, 2.24) is 9.62 Å².